The van der Waals surface area contributed by atoms with Crippen molar-refractivity contribution in [3.05, 3.63) is 71.8 Å². The Hall–Kier alpha value is -3.56. The molecule has 0 spiro atoms. The van der Waals surface area contributed by atoms with Gasteiger partial charge in [-0.25, -0.2) is 13.5 Å². The van der Waals surface area contributed by atoms with Gasteiger partial charge in [-0.2, -0.15) is 18.8 Å². The second-order valence-electron chi connectivity index (χ2n) is 5.50. The van der Waals surface area contributed by atoms with E-state index in [1.54, 1.807) is 24.3 Å². The van der Waals surface area contributed by atoms with E-state index >= 15 is 0 Å². The molecular formula is C16H12F2N6O3S. The summed E-state index contributed by atoms with van der Waals surface area (Å²) < 4.78 is 56.5. The summed E-state index contributed by atoms with van der Waals surface area (Å²) in [7, 11) is -4.42. The van der Waals surface area contributed by atoms with E-state index in [9.17, 15) is 17.2 Å². The highest BCUT2D eigenvalue weighted by Crippen LogP contribution is 2.25. The zero-order valence-electron chi connectivity index (χ0n) is 14.0. The predicted molar refractivity (Wildman–Crippen MR) is 92.9 cm³/mol. The molecule has 3 rings (SSSR count). The zero-order valence-corrected chi connectivity index (χ0v) is 14.8. The largest absolute Gasteiger partial charge is 0.380 e. The molecule has 0 bridgehead atoms. The van der Waals surface area contributed by atoms with Crippen molar-refractivity contribution in [2.45, 2.75) is 6.54 Å². The highest BCUT2D eigenvalue weighted by Gasteiger charge is 2.19. The van der Waals surface area contributed by atoms with Crippen LogP contribution in [-0.2, 0) is 16.8 Å². The molecule has 0 aliphatic rings. The Morgan fingerprint density at radius 3 is 2.21 bits per heavy atom. The third-order valence-corrected chi connectivity index (χ3v) is 4.04. The number of nitrogens with two attached hydrogens (primary N) is 1. The van der Waals surface area contributed by atoms with Crippen molar-refractivity contribution in [3.63, 3.8) is 0 Å². The van der Waals surface area contributed by atoms with E-state index in [0.29, 0.717) is 23.4 Å². The van der Waals surface area contributed by atoms with Crippen LogP contribution in [0.3, 0.4) is 0 Å². The van der Waals surface area contributed by atoms with Crippen LogP contribution in [0.25, 0.3) is 0 Å². The molecule has 0 saturated carbocycles. The van der Waals surface area contributed by atoms with E-state index in [-0.39, 0.29) is 12.1 Å². The Labute approximate surface area is 158 Å². The maximum absolute atomic E-state index is 14.5. The summed E-state index contributed by atoms with van der Waals surface area (Å²) in [5.41, 5.74) is 0.552. The molecule has 2 N–H and O–H groups in total. The first kappa shape index (κ1) is 19.2. The average molecular weight is 406 g/mol. The number of halogens is 2. The lowest BCUT2D eigenvalue weighted by Gasteiger charge is -2.25. The van der Waals surface area contributed by atoms with Gasteiger partial charge in [0.1, 0.15) is 30.0 Å². The summed E-state index contributed by atoms with van der Waals surface area (Å²) in [6.07, 6.45) is 2.65. The highest BCUT2D eigenvalue weighted by atomic mass is 32.2. The van der Waals surface area contributed by atoms with Crippen molar-refractivity contribution in [3.8, 4) is 11.8 Å². The van der Waals surface area contributed by atoms with Crippen molar-refractivity contribution in [1.82, 2.24) is 14.9 Å². The Balaban J connectivity index is 1.98. The summed E-state index contributed by atoms with van der Waals surface area (Å²) in [6, 6.07) is 9.67. The molecule has 0 unspecified atom stereocenters. The van der Waals surface area contributed by atoms with Crippen LogP contribution in [0.2, 0.25) is 0 Å². The van der Waals surface area contributed by atoms with Gasteiger partial charge in [0.15, 0.2) is 0 Å². The monoisotopic (exact) mass is 406 g/mol. The molecule has 144 valence electrons. The number of anilines is 1. The molecule has 12 heteroatoms. The van der Waals surface area contributed by atoms with Crippen LogP contribution in [-0.4, -0.2) is 23.3 Å². The first-order valence-corrected chi connectivity index (χ1v) is 9.07. The predicted octanol–water partition coefficient (Wildman–Crippen LogP) is 1.48. The van der Waals surface area contributed by atoms with E-state index in [1.165, 1.54) is 22.3 Å². The molecule has 0 aliphatic carbocycles. The molecule has 0 aliphatic heterocycles. The van der Waals surface area contributed by atoms with Gasteiger partial charge >= 0.3 is 10.3 Å². The SMILES string of the molecule is N#Cc1ccc(N(Cc2c(F)cc(OS(N)(=O)=O)cc2F)n2cnnc2)cc1. The summed E-state index contributed by atoms with van der Waals surface area (Å²) in [6.45, 7) is -0.294. The molecular weight excluding hydrogens is 394 g/mol. The molecule has 0 atom stereocenters. The van der Waals surface area contributed by atoms with Crippen LogP contribution in [0.4, 0.5) is 14.5 Å². The number of hydrogen-bond acceptors (Lipinski definition) is 7. The van der Waals surface area contributed by atoms with Crippen LogP contribution < -0.4 is 14.3 Å². The van der Waals surface area contributed by atoms with Gasteiger partial charge in [-0.15, -0.1) is 10.2 Å². The molecule has 3 aromatic rings. The summed E-state index contributed by atoms with van der Waals surface area (Å²) in [5.74, 6) is -2.66. The van der Waals surface area contributed by atoms with Gasteiger partial charge in [0.2, 0.25) is 0 Å². The van der Waals surface area contributed by atoms with Gasteiger partial charge in [0.25, 0.3) is 0 Å². The lowest BCUT2D eigenvalue weighted by Crippen LogP contribution is -2.29. The first-order chi connectivity index (χ1) is 13.3. The fourth-order valence-electron chi connectivity index (χ4n) is 2.40. The van der Waals surface area contributed by atoms with E-state index in [1.807, 2.05) is 6.07 Å². The Morgan fingerprint density at radius 2 is 1.71 bits per heavy atom. The smallest absolute Gasteiger partial charge is 0.371 e. The maximum atomic E-state index is 14.5. The summed E-state index contributed by atoms with van der Waals surface area (Å²) >= 11 is 0. The number of hydrogen-bond donors (Lipinski definition) is 1. The van der Waals surface area contributed by atoms with Crippen molar-refractivity contribution in [2.24, 2.45) is 5.14 Å². The number of aromatic nitrogens is 3. The van der Waals surface area contributed by atoms with Crippen LogP contribution >= 0.6 is 0 Å². The van der Waals surface area contributed by atoms with Crippen molar-refractivity contribution < 1.29 is 21.4 Å². The van der Waals surface area contributed by atoms with Gasteiger partial charge in [0, 0.05) is 17.7 Å². The topological polar surface area (TPSA) is 127 Å². The summed E-state index contributed by atoms with van der Waals surface area (Å²) in [4.78, 5) is 0. The second kappa shape index (κ2) is 7.59. The number of nitrogens with zero attached hydrogens (tertiary/aromatic N) is 5. The minimum Gasteiger partial charge on any atom is -0.371 e. The molecule has 0 amide bonds. The van der Waals surface area contributed by atoms with Gasteiger partial charge in [-0.3, -0.25) is 5.01 Å². The minimum absolute atomic E-state index is 0.294. The van der Waals surface area contributed by atoms with Crippen LogP contribution in [0.5, 0.6) is 5.75 Å². The third kappa shape index (κ3) is 4.40. The highest BCUT2D eigenvalue weighted by molar-refractivity contribution is 7.84. The standard InChI is InChI=1S/C16H12F2N6O3S/c17-15-5-13(27-28(20,25)26)6-16(18)14(15)8-24(23-9-21-22-10-23)12-3-1-11(7-19)2-4-12/h1-6,9-10H,8H2,(H2,20,25,26). The second-order valence-corrected chi connectivity index (χ2v) is 6.65. The zero-order chi connectivity index (χ0) is 20.3. The molecule has 0 saturated heterocycles. The van der Waals surface area contributed by atoms with E-state index in [4.69, 9.17) is 10.4 Å². The number of benzene rings is 2. The van der Waals surface area contributed by atoms with E-state index in [0.717, 1.165) is 0 Å². The molecule has 0 fully saturated rings. The third-order valence-electron chi connectivity index (χ3n) is 3.61. The fraction of sp³-hybridized carbons (Fsp3) is 0.0625. The van der Waals surface area contributed by atoms with E-state index in [2.05, 4.69) is 14.4 Å². The molecule has 9 nitrogen and oxygen atoms in total. The average Bonchev–Trinajstić information content (AvgIpc) is 3.14. The van der Waals surface area contributed by atoms with Crippen LogP contribution in [0, 0.1) is 23.0 Å². The van der Waals surface area contributed by atoms with Gasteiger partial charge in [-0.05, 0) is 24.3 Å². The fourth-order valence-corrected chi connectivity index (χ4v) is 2.76. The molecule has 28 heavy (non-hydrogen) atoms. The van der Waals surface area contributed by atoms with Gasteiger partial charge < -0.3 is 4.18 Å². The number of nitriles is 1. The molecule has 1 heterocycles. The minimum atomic E-state index is -4.42. The van der Waals surface area contributed by atoms with Crippen molar-refractivity contribution >= 4 is 16.0 Å². The quantitative estimate of drug-likeness (QED) is 0.657. The first-order valence-electron chi connectivity index (χ1n) is 7.59. The lowest BCUT2D eigenvalue weighted by atomic mass is 10.1. The van der Waals surface area contributed by atoms with Gasteiger partial charge in [0.05, 0.1) is 23.9 Å². The molecule has 0 radical (unpaired) electrons. The Morgan fingerprint density at radius 1 is 1.14 bits per heavy atom. The number of rotatable bonds is 6. The Kier molecular flexibility index (Phi) is 5.21. The van der Waals surface area contributed by atoms with E-state index < -0.39 is 27.7 Å². The van der Waals surface area contributed by atoms with Crippen LogP contribution in [0.1, 0.15) is 11.1 Å². The maximum Gasteiger partial charge on any atom is 0.380 e. The van der Waals surface area contributed by atoms with Crippen molar-refractivity contribution in [1.29, 1.82) is 5.26 Å². The van der Waals surface area contributed by atoms with Gasteiger partial charge in [-0.1, -0.05) is 0 Å². The van der Waals surface area contributed by atoms with Crippen molar-refractivity contribution in [2.75, 3.05) is 5.01 Å². The lowest BCUT2D eigenvalue weighted by molar-refractivity contribution is 0.476. The normalized spacial score (nSPS) is 11.1. The van der Waals surface area contributed by atoms with Crippen LogP contribution in [0.15, 0.2) is 49.1 Å². The molecule has 2 aromatic carbocycles. The molecule has 1 aromatic heterocycles. The Bertz CT molecular complexity index is 1110. The summed E-state index contributed by atoms with van der Waals surface area (Å²) in [5, 5.41) is 22.4.